The molecule has 12 N–H and O–H groups in total. The van der Waals surface area contributed by atoms with Crippen molar-refractivity contribution in [2.75, 3.05) is 129 Å². The summed E-state index contributed by atoms with van der Waals surface area (Å²) in [5.74, 6) is -6.38. The van der Waals surface area contributed by atoms with Crippen molar-refractivity contribution in [3.05, 3.63) is 70.8 Å². The Morgan fingerprint density at radius 3 is 1.66 bits per heavy atom. The molecule has 0 spiro atoms. The van der Waals surface area contributed by atoms with E-state index in [0.29, 0.717) is 67.8 Å². The van der Waals surface area contributed by atoms with E-state index >= 15 is 0 Å². The van der Waals surface area contributed by atoms with Gasteiger partial charge in [0.1, 0.15) is 18.1 Å². The molecule has 5 atom stereocenters. The number of nitrogens with zero attached hydrogens (tertiary/aromatic N) is 7. The number of hydrogen-bond donors (Lipinski definition) is 10. The van der Waals surface area contributed by atoms with Gasteiger partial charge in [0, 0.05) is 133 Å². The van der Waals surface area contributed by atoms with E-state index in [2.05, 4.69) is 37.6 Å². The normalized spacial score (nSPS) is 16.4. The SMILES string of the molecule is CCCCNC(=O)/N=C/C(CSCc1cc(CSCCNC(=O)CN2CCN(CC(=O)O)CCN(CC(=O)O)CCN(CC(=O)O)CC2)cc(CSCCC(N)=O)c1)C(=O)N(C)CC(=O)N1CCC[C@H]1C(=O)N[C@@H](CC)C(=O)N[C@@H](CCC(N)=O)C(=O)N[C@@H](Cc1ccccc1)C(C)=O. The number of urea groups is 1. The molecule has 2 aromatic carbocycles. The Labute approximate surface area is 591 Å². The molecule has 1 unspecified atom stereocenters. The summed E-state index contributed by atoms with van der Waals surface area (Å²) in [6.07, 6.45) is 3.47. The summed E-state index contributed by atoms with van der Waals surface area (Å²) < 4.78 is 0. The Kier molecular flexibility index (Phi) is 38.8. The average molecular weight is 1440 g/mol. The molecule has 30 nitrogen and oxygen atoms in total. The second kappa shape index (κ2) is 45.9. The molecule has 0 aromatic heterocycles. The van der Waals surface area contributed by atoms with E-state index in [9.17, 15) is 77.6 Å². The van der Waals surface area contributed by atoms with Gasteiger partial charge in [0.2, 0.25) is 47.3 Å². The lowest BCUT2D eigenvalue weighted by atomic mass is 10.0. The molecule has 2 fully saturated rings. The van der Waals surface area contributed by atoms with Crippen LogP contribution in [-0.4, -0.2) is 281 Å². The lowest BCUT2D eigenvalue weighted by Gasteiger charge is -2.32. The number of hydrogen-bond acceptors (Lipinski definition) is 20. The summed E-state index contributed by atoms with van der Waals surface area (Å²) in [6, 6.07) is 10.0. The van der Waals surface area contributed by atoms with Crippen LogP contribution in [0.25, 0.3) is 0 Å². The van der Waals surface area contributed by atoms with Crippen LogP contribution in [0.2, 0.25) is 0 Å². The van der Waals surface area contributed by atoms with Gasteiger partial charge in [0.05, 0.1) is 44.7 Å². The number of amides is 10. The highest BCUT2D eigenvalue weighted by atomic mass is 32.2. The fourth-order valence-electron chi connectivity index (χ4n) is 10.9. The number of nitrogens with two attached hydrogens (primary N) is 2. The van der Waals surface area contributed by atoms with Gasteiger partial charge >= 0.3 is 23.9 Å². The van der Waals surface area contributed by atoms with Crippen molar-refractivity contribution in [1.82, 2.24) is 56.0 Å². The number of aliphatic imine (C=N–C) groups is 1. The molecule has 2 aromatic rings. The van der Waals surface area contributed by atoms with Gasteiger partial charge in [-0.1, -0.05) is 68.8 Å². The molecule has 10 amide bonds. The van der Waals surface area contributed by atoms with Crippen molar-refractivity contribution in [3.8, 4) is 0 Å². The first kappa shape index (κ1) is 83.7. The van der Waals surface area contributed by atoms with Gasteiger partial charge in [-0.25, -0.2) is 9.79 Å². The fourth-order valence-corrected chi connectivity index (χ4v) is 13.6. The first-order valence-corrected chi connectivity index (χ1v) is 36.7. The van der Waals surface area contributed by atoms with E-state index < -0.39 is 102 Å². The van der Waals surface area contributed by atoms with Crippen LogP contribution in [0.4, 0.5) is 4.79 Å². The number of unbranched alkanes of at least 4 members (excludes halogenated alkanes) is 1. The number of likely N-dealkylation sites (N-methyl/N-ethyl adjacent to an activating group) is 1. The zero-order chi connectivity index (χ0) is 72.8. The monoisotopic (exact) mass is 1440 g/mol. The number of aliphatic carboxylic acids is 3. The highest BCUT2D eigenvalue weighted by molar-refractivity contribution is 7.99. The molecule has 2 saturated heterocycles. The minimum Gasteiger partial charge on any atom is -0.480 e. The number of carboxylic acids is 3. The van der Waals surface area contributed by atoms with Gasteiger partial charge in [-0.15, -0.1) is 0 Å². The van der Waals surface area contributed by atoms with Crippen LogP contribution in [0, 0.1) is 5.92 Å². The average Bonchev–Trinajstić information content (AvgIpc) is 1.79. The number of carbonyl (C=O) groups is 13. The summed E-state index contributed by atoms with van der Waals surface area (Å²) in [5.41, 5.74) is 14.5. The highest BCUT2D eigenvalue weighted by Crippen LogP contribution is 2.25. The number of benzene rings is 2. The van der Waals surface area contributed by atoms with Crippen LogP contribution in [0.5, 0.6) is 0 Å². The first-order valence-electron chi connectivity index (χ1n) is 33.3. The molecule has 0 bridgehead atoms. The van der Waals surface area contributed by atoms with Crippen LogP contribution < -0.4 is 38.1 Å². The molecular formula is C66H100N14O16S3. The number of nitrogens with one attached hydrogen (secondary N) is 5. The van der Waals surface area contributed by atoms with E-state index in [-0.39, 0.29) is 128 Å². The summed E-state index contributed by atoms with van der Waals surface area (Å²) in [4.78, 5) is 181. The van der Waals surface area contributed by atoms with Crippen molar-refractivity contribution in [2.45, 2.75) is 120 Å². The molecule has 548 valence electrons. The summed E-state index contributed by atoms with van der Waals surface area (Å²) in [7, 11) is 1.44. The Morgan fingerprint density at radius 1 is 0.626 bits per heavy atom. The van der Waals surface area contributed by atoms with E-state index in [1.54, 1.807) is 69.4 Å². The molecule has 2 aliphatic rings. The van der Waals surface area contributed by atoms with Crippen LogP contribution in [-0.2, 0) is 81.2 Å². The van der Waals surface area contributed by atoms with Crippen LogP contribution in [0.1, 0.15) is 94.4 Å². The molecule has 33 heteroatoms. The third-order valence-corrected chi connectivity index (χ3v) is 19.4. The predicted octanol–water partition coefficient (Wildman–Crippen LogP) is 0.461. The van der Waals surface area contributed by atoms with E-state index in [1.165, 1.54) is 41.7 Å². The second-order valence-electron chi connectivity index (χ2n) is 24.4. The third kappa shape index (κ3) is 33.8. The number of Topliss-reactive ketones (excluding diaryl/α,β-unsaturated/α-hetero) is 1. The largest absolute Gasteiger partial charge is 0.480 e. The topological polar surface area (TPSA) is 427 Å². The Morgan fingerprint density at radius 2 is 1.14 bits per heavy atom. The molecule has 99 heavy (non-hydrogen) atoms. The smallest absolute Gasteiger partial charge is 0.340 e. The zero-order valence-electron chi connectivity index (χ0n) is 57.2. The Hall–Kier alpha value is -7.69. The van der Waals surface area contributed by atoms with Crippen LogP contribution in [0.3, 0.4) is 0 Å². The van der Waals surface area contributed by atoms with Crippen LogP contribution >= 0.6 is 35.3 Å². The lowest BCUT2D eigenvalue weighted by molar-refractivity contribution is -0.143. The van der Waals surface area contributed by atoms with Crippen LogP contribution in [0.15, 0.2) is 53.5 Å². The molecule has 0 radical (unpaired) electrons. The van der Waals surface area contributed by atoms with Crippen molar-refractivity contribution in [3.63, 3.8) is 0 Å². The second-order valence-corrected chi connectivity index (χ2v) is 27.7. The maximum absolute atomic E-state index is 14.4. The minimum atomic E-state index is -1.30. The standard InChI is InChI=1S/C66H100N14O16S3/c1-5-7-18-70-66(96)71-35-50(65(95)75(4)37-58(85)80-20-11-14-54(80)64(94)72-51(6-2)62(92)73-52(15-16-55(67)82)63(93)74-53(45(3)81)34-46-12-9-8-10-13-46)44-99-43-49-32-47(41-97-29-17-56(68)83)31-48(33-49)42-98-30-19-69-57(84)36-76-21-23-77(38-59(86)87)25-27-79(40-61(90)91)28-26-78(24-22-76)39-60(88)89/h8-10,12-13,31-33,35,50-54H,5-7,11,14-30,34,36-44H2,1-4H3,(H2,67,82)(H2,68,83)(H,69,84)(H,70,96)(H,72,94)(H,73,92)(H,74,93)(H,86,87)(H,88,89)(H,90,91)/b71-35+/t50?,51-,52-,53-,54-/m0/s1. The predicted molar refractivity (Wildman–Crippen MR) is 378 cm³/mol. The molecule has 2 aliphatic heterocycles. The number of carboxylic acid groups (broad SMARTS) is 3. The van der Waals surface area contributed by atoms with Gasteiger partial charge in [0.15, 0.2) is 5.78 Å². The fraction of sp³-hybridized carbons (Fsp3) is 0.606. The lowest BCUT2D eigenvalue weighted by Crippen LogP contribution is -2.57. The van der Waals surface area contributed by atoms with Gasteiger partial charge in [-0.3, -0.25) is 77.1 Å². The molecule has 0 saturated carbocycles. The number of ketones is 1. The molecule has 0 aliphatic carbocycles. The van der Waals surface area contributed by atoms with E-state index in [4.69, 9.17) is 11.5 Å². The number of carbonyl (C=O) groups excluding carboxylic acids is 10. The Balaban J connectivity index is 1.41. The van der Waals surface area contributed by atoms with Crippen molar-refractivity contribution < 1.29 is 77.6 Å². The maximum Gasteiger partial charge on any atom is 0.340 e. The summed E-state index contributed by atoms with van der Waals surface area (Å²) >= 11 is 4.52. The van der Waals surface area contributed by atoms with E-state index in [1.807, 2.05) is 30.0 Å². The first-order chi connectivity index (χ1) is 47.2. The quantitative estimate of drug-likeness (QED) is 0.0319. The molecule has 4 rings (SSSR count). The molecule has 2 heterocycles. The number of likely N-dealkylation sites (tertiary alicyclic amines) is 1. The van der Waals surface area contributed by atoms with Gasteiger partial charge < -0.3 is 63.2 Å². The van der Waals surface area contributed by atoms with E-state index in [0.717, 1.165) is 28.7 Å². The third-order valence-electron chi connectivity index (χ3n) is 16.2. The van der Waals surface area contributed by atoms with Gasteiger partial charge in [-0.2, -0.15) is 35.3 Å². The van der Waals surface area contributed by atoms with Crippen molar-refractivity contribution in [2.24, 2.45) is 22.4 Å². The van der Waals surface area contributed by atoms with Gasteiger partial charge in [0.25, 0.3) is 0 Å². The maximum atomic E-state index is 14.4. The minimum absolute atomic E-state index is 0.0312. The number of rotatable bonds is 42. The highest BCUT2D eigenvalue weighted by Gasteiger charge is 2.38. The van der Waals surface area contributed by atoms with Crippen molar-refractivity contribution >= 4 is 118 Å². The number of thioether (sulfide) groups is 3. The van der Waals surface area contributed by atoms with Crippen molar-refractivity contribution in [1.29, 1.82) is 0 Å². The molecular weight excluding hydrogens is 1340 g/mol. The summed E-state index contributed by atoms with van der Waals surface area (Å²) in [5, 5.41) is 42.4. The number of primary amides is 2. The summed E-state index contributed by atoms with van der Waals surface area (Å²) in [6.45, 7) is 6.57. The van der Waals surface area contributed by atoms with Gasteiger partial charge in [-0.05, 0) is 67.7 Å². The Bertz CT molecular complexity index is 3030. The zero-order valence-corrected chi connectivity index (χ0v) is 59.6.